The zero-order valence-electron chi connectivity index (χ0n) is 33.9. The lowest BCUT2D eigenvalue weighted by atomic mass is 9.71. The predicted octanol–water partition coefficient (Wildman–Crippen LogP) is 16.2. The highest BCUT2D eigenvalue weighted by atomic mass is 16.3. The molecule has 0 aliphatic heterocycles. The third-order valence-electron chi connectivity index (χ3n) is 13.3. The molecular formula is C58H44N2O. The fourth-order valence-corrected chi connectivity index (χ4v) is 10.5. The van der Waals surface area contributed by atoms with E-state index in [1.54, 1.807) is 0 Å². The van der Waals surface area contributed by atoms with Crippen LogP contribution in [-0.4, -0.2) is 4.57 Å². The van der Waals surface area contributed by atoms with Gasteiger partial charge >= 0.3 is 0 Å². The van der Waals surface area contributed by atoms with E-state index >= 15 is 0 Å². The summed E-state index contributed by atoms with van der Waals surface area (Å²) in [7, 11) is 0. The van der Waals surface area contributed by atoms with Crippen LogP contribution in [0.2, 0.25) is 0 Å². The van der Waals surface area contributed by atoms with Gasteiger partial charge in [0.15, 0.2) is 0 Å². The summed E-state index contributed by atoms with van der Waals surface area (Å²) in [6, 6.07) is 68.4. The van der Waals surface area contributed by atoms with E-state index in [-0.39, 0.29) is 0 Å². The molecule has 2 unspecified atom stereocenters. The molecule has 292 valence electrons. The number of aromatic nitrogens is 1. The third-order valence-corrected chi connectivity index (χ3v) is 13.3. The zero-order chi connectivity index (χ0) is 40.3. The summed E-state index contributed by atoms with van der Waals surface area (Å²) >= 11 is 0. The summed E-state index contributed by atoms with van der Waals surface area (Å²) < 4.78 is 8.97. The first kappa shape index (κ1) is 35.6. The van der Waals surface area contributed by atoms with Crippen LogP contribution in [0.1, 0.15) is 31.2 Å². The largest absolute Gasteiger partial charge is 0.455 e. The number of hydrogen-bond donors (Lipinski definition) is 0. The maximum Gasteiger partial charge on any atom is 0.143 e. The van der Waals surface area contributed by atoms with Crippen molar-refractivity contribution >= 4 is 66.4 Å². The number of allylic oxidation sites excluding steroid dienone is 4. The maximum atomic E-state index is 6.55. The van der Waals surface area contributed by atoms with Crippen LogP contribution in [0.4, 0.5) is 17.1 Å². The average Bonchev–Trinajstić information content (AvgIpc) is 3.88. The Bertz CT molecular complexity index is 3290. The molecule has 10 aromatic rings. The predicted molar refractivity (Wildman–Crippen MR) is 256 cm³/mol. The van der Waals surface area contributed by atoms with Crippen LogP contribution in [0.3, 0.4) is 0 Å². The van der Waals surface area contributed by atoms with Crippen LogP contribution >= 0.6 is 0 Å². The molecule has 3 heteroatoms. The molecular weight excluding hydrogens is 741 g/mol. The van der Waals surface area contributed by atoms with Crippen molar-refractivity contribution in [3.8, 4) is 27.9 Å². The highest BCUT2D eigenvalue weighted by molar-refractivity contribution is 6.11. The summed E-state index contributed by atoms with van der Waals surface area (Å²) in [5.74, 6) is 1.20. The Hall–Kier alpha value is -7.36. The maximum absolute atomic E-state index is 6.55. The van der Waals surface area contributed by atoms with E-state index in [9.17, 15) is 0 Å². The summed E-state index contributed by atoms with van der Waals surface area (Å²) in [4.78, 5) is 2.42. The number of rotatable bonds is 7. The molecule has 3 nitrogen and oxygen atoms in total. The Kier molecular flexibility index (Phi) is 8.59. The second-order valence-electron chi connectivity index (χ2n) is 16.7. The molecule has 0 spiro atoms. The lowest BCUT2D eigenvalue weighted by Gasteiger charge is -2.34. The Balaban J connectivity index is 0.992. The van der Waals surface area contributed by atoms with Gasteiger partial charge in [-0.1, -0.05) is 158 Å². The molecule has 2 aliphatic rings. The second kappa shape index (κ2) is 14.7. The molecule has 0 amide bonds. The SMILES string of the molecule is C1=CC2CCCCC2C(c2cccc(N(c3ccc(-c4ccccc4-n4c5ccccc5c5ccccc54)cc3)c3cccc(-c4cccc5c4oc4ccccc45)c3)c2)=C1. The Morgan fingerprint density at radius 2 is 1.10 bits per heavy atom. The van der Waals surface area contributed by atoms with Crippen molar-refractivity contribution in [2.75, 3.05) is 4.90 Å². The molecule has 0 saturated heterocycles. The number of fused-ring (bicyclic) bond motifs is 7. The molecule has 61 heavy (non-hydrogen) atoms. The quantitative estimate of drug-likeness (QED) is 0.161. The Labute approximate surface area is 356 Å². The summed E-state index contributed by atoms with van der Waals surface area (Å²) in [5.41, 5.74) is 16.1. The fraction of sp³-hybridized carbons (Fsp3) is 0.103. The van der Waals surface area contributed by atoms with Gasteiger partial charge in [0, 0.05) is 49.7 Å². The van der Waals surface area contributed by atoms with Crippen molar-refractivity contribution in [2.24, 2.45) is 11.8 Å². The molecule has 0 bridgehead atoms. The molecule has 2 aromatic heterocycles. The minimum atomic E-state index is 0.573. The lowest BCUT2D eigenvalue weighted by Crippen LogP contribution is -2.21. The van der Waals surface area contributed by atoms with Gasteiger partial charge in [0.25, 0.3) is 0 Å². The summed E-state index contributed by atoms with van der Waals surface area (Å²) in [5, 5.41) is 4.80. The molecule has 2 atom stereocenters. The minimum Gasteiger partial charge on any atom is -0.455 e. The monoisotopic (exact) mass is 784 g/mol. The number of nitrogens with zero attached hydrogens (tertiary/aromatic N) is 2. The van der Waals surface area contributed by atoms with Gasteiger partial charge in [-0.15, -0.1) is 0 Å². The molecule has 2 heterocycles. The van der Waals surface area contributed by atoms with Gasteiger partial charge in [0.05, 0.1) is 16.7 Å². The average molecular weight is 785 g/mol. The molecule has 8 aromatic carbocycles. The molecule has 0 radical (unpaired) electrons. The zero-order valence-corrected chi connectivity index (χ0v) is 33.9. The van der Waals surface area contributed by atoms with Crippen LogP contribution in [0.15, 0.2) is 211 Å². The van der Waals surface area contributed by atoms with Crippen molar-refractivity contribution < 1.29 is 4.42 Å². The van der Waals surface area contributed by atoms with Gasteiger partial charge in [0.1, 0.15) is 11.2 Å². The Morgan fingerprint density at radius 3 is 1.90 bits per heavy atom. The molecule has 12 rings (SSSR count). The number of benzene rings is 8. The third kappa shape index (κ3) is 6.03. The highest BCUT2D eigenvalue weighted by Crippen LogP contribution is 2.46. The van der Waals surface area contributed by atoms with E-state index in [0.717, 1.165) is 50.1 Å². The van der Waals surface area contributed by atoms with E-state index in [1.165, 1.54) is 75.4 Å². The van der Waals surface area contributed by atoms with E-state index in [0.29, 0.717) is 11.8 Å². The molecule has 0 N–H and O–H groups in total. The number of furan rings is 1. The van der Waals surface area contributed by atoms with Crippen LogP contribution in [0.5, 0.6) is 0 Å². The van der Waals surface area contributed by atoms with Crippen molar-refractivity contribution in [3.05, 3.63) is 212 Å². The van der Waals surface area contributed by atoms with Gasteiger partial charge in [-0.3, -0.25) is 0 Å². The lowest BCUT2D eigenvalue weighted by molar-refractivity contribution is 0.344. The van der Waals surface area contributed by atoms with E-state index < -0.39 is 0 Å². The normalized spacial score (nSPS) is 16.3. The van der Waals surface area contributed by atoms with Gasteiger partial charge in [0.2, 0.25) is 0 Å². The summed E-state index contributed by atoms with van der Waals surface area (Å²) in [6.07, 6.45) is 12.3. The highest BCUT2D eigenvalue weighted by Gasteiger charge is 2.29. The second-order valence-corrected chi connectivity index (χ2v) is 16.7. The number of hydrogen-bond acceptors (Lipinski definition) is 2. The van der Waals surface area contributed by atoms with E-state index in [2.05, 4.69) is 210 Å². The number of anilines is 3. The number of para-hydroxylation sites is 5. The van der Waals surface area contributed by atoms with Crippen LogP contribution in [0, 0.1) is 11.8 Å². The van der Waals surface area contributed by atoms with E-state index in [4.69, 9.17) is 4.42 Å². The van der Waals surface area contributed by atoms with Gasteiger partial charge in [-0.2, -0.15) is 0 Å². The van der Waals surface area contributed by atoms with Gasteiger partial charge in [-0.25, -0.2) is 0 Å². The van der Waals surface area contributed by atoms with Crippen molar-refractivity contribution in [3.63, 3.8) is 0 Å². The first-order valence-corrected chi connectivity index (χ1v) is 21.7. The summed E-state index contributed by atoms with van der Waals surface area (Å²) in [6.45, 7) is 0. The van der Waals surface area contributed by atoms with E-state index in [1.807, 2.05) is 6.07 Å². The van der Waals surface area contributed by atoms with Crippen LogP contribution < -0.4 is 4.90 Å². The standard InChI is InChI=1S/C58H44N2O/c1-2-21-46-39(15-1)16-13-26-47(46)41-17-11-19-44(37-41)59(45-20-12-18-42(38-45)49-27-14-28-53-52-25-6-10-32-57(52)61-58(49)53)43-35-33-40(34-36-43)48-22-3-7-29-54(48)60-55-30-8-4-23-50(55)51-24-5-9-31-56(51)60/h3-14,16-20,22-39,46H,1-2,15,21H2. The molecule has 1 fully saturated rings. The smallest absolute Gasteiger partial charge is 0.143 e. The van der Waals surface area contributed by atoms with Crippen molar-refractivity contribution in [2.45, 2.75) is 25.7 Å². The topological polar surface area (TPSA) is 21.3 Å². The first-order chi connectivity index (χ1) is 30.3. The molecule has 2 aliphatic carbocycles. The van der Waals surface area contributed by atoms with Crippen molar-refractivity contribution in [1.82, 2.24) is 4.57 Å². The van der Waals surface area contributed by atoms with Crippen molar-refractivity contribution in [1.29, 1.82) is 0 Å². The van der Waals surface area contributed by atoms with Gasteiger partial charge in [-0.05, 0) is 108 Å². The van der Waals surface area contributed by atoms with Gasteiger partial charge < -0.3 is 13.9 Å². The van der Waals surface area contributed by atoms with Crippen LogP contribution in [0.25, 0.3) is 77.3 Å². The Morgan fingerprint density at radius 1 is 0.475 bits per heavy atom. The first-order valence-electron chi connectivity index (χ1n) is 21.7. The molecule has 1 saturated carbocycles. The minimum absolute atomic E-state index is 0.573. The van der Waals surface area contributed by atoms with Crippen LogP contribution in [-0.2, 0) is 0 Å². The fourth-order valence-electron chi connectivity index (χ4n) is 10.5.